The molecule has 6 nitrogen and oxygen atoms in total. The summed E-state index contributed by atoms with van der Waals surface area (Å²) in [6, 6.07) is 5.68. The standard InChI is InChI=1S/C15H22N4O2/c1-11-4-5-13(12(2)10-11)16-14(20)15(21)17-19-8-6-18(3)7-9-19/h4-5,10H,6-9H2,1-3H3,(H,16,20)(H,17,21). The van der Waals surface area contributed by atoms with E-state index in [1.165, 1.54) is 0 Å². The van der Waals surface area contributed by atoms with Gasteiger partial charge in [-0.3, -0.25) is 15.0 Å². The number of rotatable bonds is 2. The molecule has 114 valence electrons. The summed E-state index contributed by atoms with van der Waals surface area (Å²) in [6.07, 6.45) is 0. The number of nitrogens with zero attached hydrogens (tertiary/aromatic N) is 2. The minimum Gasteiger partial charge on any atom is -0.317 e. The Hall–Kier alpha value is -1.92. The van der Waals surface area contributed by atoms with Crippen molar-refractivity contribution in [3.63, 3.8) is 0 Å². The molecule has 1 aliphatic rings. The molecule has 2 N–H and O–H groups in total. The van der Waals surface area contributed by atoms with E-state index in [2.05, 4.69) is 15.6 Å². The first-order chi connectivity index (χ1) is 9.95. The molecule has 0 atom stereocenters. The van der Waals surface area contributed by atoms with E-state index in [-0.39, 0.29) is 0 Å². The maximum atomic E-state index is 11.9. The molecular formula is C15H22N4O2. The van der Waals surface area contributed by atoms with Crippen molar-refractivity contribution in [2.75, 3.05) is 38.5 Å². The van der Waals surface area contributed by atoms with E-state index in [4.69, 9.17) is 0 Å². The lowest BCUT2D eigenvalue weighted by atomic mass is 10.1. The largest absolute Gasteiger partial charge is 0.323 e. The van der Waals surface area contributed by atoms with E-state index in [0.717, 1.165) is 37.3 Å². The van der Waals surface area contributed by atoms with Gasteiger partial charge in [0.15, 0.2) is 0 Å². The molecule has 0 saturated carbocycles. The lowest BCUT2D eigenvalue weighted by molar-refractivity contribution is -0.139. The molecular weight excluding hydrogens is 268 g/mol. The van der Waals surface area contributed by atoms with Crippen LogP contribution >= 0.6 is 0 Å². The smallest absolute Gasteiger partial charge is 0.317 e. The normalized spacial score (nSPS) is 16.5. The summed E-state index contributed by atoms with van der Waals surface area (Å²) in [4.78, 5) is 26.0. The molecule has 1 saturated heterocycles. The highest BCUT2D eigenvalue weighted by Gasteiger charge is 2.20. The number of hydrazine groups is 1. The van der Waals surface area contributed by atoms with Crippen molar-refractivity contribution in [1.82, 2.24) is 15.3 Å². The van der Waals surface area contributed by atoms with Gasteiger partial charge in [-0.25, -0.2) is 5.01 Å². The predicted octanol–water partition coefficient (Wildman–Crippen LogP) is 0.521. The van der Waals surface area contributed by atoms with Gasteiger partial charge in [0, 0.05) is 31.9 Å². The van der Waals surface area contributed by atoms with Crippen LogP contribution in [0.2, 0.25) is 0 Å². The van der Waals surface area contributed by atoms with Gasteiger partial charge in [0.1, 0.15) is 0 Å². The SMILES string of the molecule is Cc1ccc(NC(=O)C(=O)NN2CCN(C)CC2)c(C)c1. The Kier molecular flexibility index (Phi) is 4.93. The van der Waals surface area contributed by atoms with Crippen molar-refractivity contribution in [1.29, 1.82) is 0 Å². The van der Waals surface area contributed by atoms with Crippen LogP contribution < -0.4 is 10.7 Å². The van der Waals surface area contributed by atoms with E-state index >= 15 is 0 Å². The van der Waals surface area contributed by atoms with Crippen LogP contribution in [0.15, 0.2) is 18.2 Å². The van der Waals surface area contributed by atoms with E-state index < -0.39 is 11.8 Å². The van der Waals surface area contributed by atoms with E-state index in [1.54, 1.807) is 5.01 Å². The molecule has 1 fully saturated rings. The number of benzene rings is 1. The summed E-state index contributed by atoms with van der Waals surface area (Å²) in [7, 11) is 2.03. The van der Waals surface area contributed by atoms with Crippen LogP contribution in [0, 0.1) is 13.8 Å². The van der Waals surface area contributed by atoms with Crippen molar-refractivity contribution >= 4 is 17.5 Å². The minimum atomic E-state index is -0.638. The summed E-state index contributed by atoms with van der Waals surface area (Å²) in [5.74, 6) is -1.26. The van der Waals surface area contributed by atoms with Crippen molar-refractivity contribution in [3.8, 4) is 0 Å². The van der Waals surface area contributed by atoms with Crippen molar-refractivity contribution < 1.29 is 9.59 Å². The number of hydrogen-bond donors (Lipinski definition) is 2. The van der Waals surface area contributed by atoms with Gasteiger partial charge in [-0.05, 0) is 32.5 Å². The third-order valence-corrected chi connectivity index (χ3v) is 3.60. The molecule has 0 unspecified atom stereocenters. The van der Waals surface area contributed by atoms with Gasteiger partial charge < -0.3 is 10.2 Å². The van der Waals surface area contributed by atoms with Crippen LogP contribution in [0.25, 0.3) is 0 Å². The Labute approximate surface area is 125 Å². The van der Waals surface area contributed by atoms with Crippen molar-refractivity contribution in [3.05, 3.63) is 29.3 Å². The maximum Gasteiger partial charge on any atom is 0.323 e. The fourth-order valence-electron chi connectivity index (χ4n) is 2.25. The fourth-order valence-corrected chi connectivity index (χ4v) is 2.25. The molecule has 1 aliphatic heterocycles. The monoisotopic (exact) mass is 290 g/mol. The molecule has 21 heavy (non-hydrogen) atoms. The summed E-state index contributed by atoms with van der Waals surface area (Å²) in [6.45, 7) is 7.08. The highest BCUT2D eigenvalue weighted by Crippen LogP contribution is 2.15. The third kappa shape index (κ3) is 4.27. The van der Waals surface area contributed by atoms with Crippen LogP contribution in [0.3, 0.4) is 0 Å². The highest BCUT2D eigenvalue weighted by atomic mass is 16.2. The molecule has 2 amide bonds. The number of aryl methyl sites for hydroxylation is 2. The number of hydrogen-bond acceptors (Lipinski definition) is 4. The second-order valence-electron chi connectivity index (χ2n) is 5.50. The Morgan fingerprint density at radius 3 is 2.33 bits per heavy atom. The van der Waals surface area contributed by atoms with E-state index in [1.807, 2.05) is 39.1 Å². The van der Waals surface area contributed by atoms with Gasteiger partial charge >= 0.3 is 11.8 Å². The summed E-state index contributed by atoms with van der Waals surface area (Å²) >= 11 is 0. The van der Waals surface area contributed by atoms with E-state index in [0.29, 0.717) is 5.69 Å². The Bertz CT molecular complexity index is 536. The molecule has 1 aromatic carbocycles. The fraction of sp³-hybridized carbons (Fsp3) is 0.467. The third-order valence-electron chi connectivity index (χ3n) is 3.60. The van der Waals surface area contributed by atoms with Crippen LogP contribution in [-0.2, 0) is 9.59 Å². The number of likely N-dealkylation sites (N-methyl/N-ethyl adjacent to an activating group) is 1. The molecule has 0 radical (unpaired) electrons. The van der Waals surface area contributed by atoms with Crippen LogP contribution in [0.4, 0.5) is 5.69 Å². The maximum absolute atomic E-state index is 11.9. The lowest BCUT2D eigenvalue weighted by Crippen LogP contribution is -2.54. The molecule has 0 spiro atoms. The van der Waals surface area contributed by atoms with Crippen LogP contribution in [-0.4, -0.2) is 54.9 Å². The molecule has 0 aliphatic carbocycles. The van der Waals surface area contributed by atoms with Crippen molar-refractivity contribution in [2.24, 2.45) is 0 Å². The zero-order chi connectivity index (χ0) is 15.4. The lowest BCUT2D eigenvalue weighted by Gasteiger charge is -2.32. The molecule has 2 rings (SSSR count). The highest BCUT2D eigenvalue weighted by molar-refractivity contribution is 6.39. The number of carbonyl (C=O) groups excluding carboxylic acids is 2. The van der Waals surface area contributed by atoms with Crippen LogP contribution in [0.1, 0.15) is 11.1 Å². The number of anilines is 1. The quantitative estimate of drug-likeness (QED) is 0.780. The van der Waals surface area contributed by atoms with Gasteiger partial charge in [0.25, 0.3) is 0 Å². The average Bonchev–Trinajstić information content (AvgIpc) is 2.44. The van der Waals surface area contributed by atoms with Gasteiger partial charge in [0.05, 0.1) is 0 Å². The molecule has 1 aromatic rings. The number of amides is 2. The number of nitrogens with one attached hydrogen (secondary N) is 2. The number of piperazine rings is 1. The summed E-state index contributed by atoms with van der Waals surface area (Å²) in [5, 5.41) is 4.43. The second kappa shape index (κ2) is 6.69. The topological polar surface area (TPSA) is 64.7 Å². The average molecular weight is 290 g/mol. The minimum absolute atomic E-state index is 0.625. The van der Waals surface area contributed by atoms with E-state index in [9.17, 15) is 9.59 Å². The molecule has 6 heteroatoms. The zero-order valence-electron chi connectivity index (χ0n) is 12.8. The Balaban J connectivity index is 1.89. The van der Waals surface area contributed by atoms with Crippen molar-refractivity contribution in [2.45, 2.75) is 13.8 Å². The molecule has 0 bridgehead atoms. The van der Waals surface area contributed by atoms with Crippen LogP contribution in [0.5, 0.6) is 0 Å². The first-order valence-corrected chi connectivity index (χ1v) is 7.08. The first kappa shape index (κ1) is 15.5. The second-order valence-corrected chi connectivity index (χ2v) is 5.50. The Morgan fingerprint density at radius 1 is 1.05 bits per heavy atom. The number of carbonyl (C=O) groups is 2. The summed E-state index contributed by atoms with van der Waals surface area (Å²) in [5.41, 5.74) is 5.37. The van der Waals surface area contributed by atoms with Gasteiger partial charge in [0.2, 0.25) is 0 Å². The Morgan fingerprint density at radius 2 is 1.71 bits per heavy atom. The zero-order valence-corrected chi connectivity index (χ0v) is 12.8. The summed E-state index contributed by atoms with van der Waals surface area (Å²) < 4.78 is 0. The van der Waals surface area contributed by atoms with Gasteiger partial charge in [-0.15, -0.1) is 0 Å². The first-order valence-electron chi connectivity index (χ1n) is 7.08. The predicted molar refractivity (Wildman–Crippen MR) is 81.8 cm³/mol. The van der Waals surface area contributed by atoms with Gasteiger partial charge in [-0.1, -0.05) is 17.7 Å². The molecule has 0 aromatic heterocycles. The molecule has 1 heterocycles. The van der Waals surface area contributed by atoms with Gasteiger partial charge in [-0.2, -0.15) is 0 Å².